The summed E-state index contributed by atoms with van der Waals surface area (Å²) in [6.45, 7) is 4.06. The summed E-state index contributed by atoms with van der Waals surface area (Å²) < 4.78 is 1.85. The molecule has 0 radical (unpaired) electrons. The highest BCUT2D eigenvalue weighted by molar-refractivity contribution is 7.13. The Labute approximate surface area is 99.3 Å². The highest BCUT2D eigenvalue weighted by Gasteiger charge is 2.11. The Morgan fingerprint density at radius 2 is 2.38 bits per heavy atom. The summed E-state index contributed by atoms with van der Waals surface area (Å²) in [7, 11) is 1.94. The molecule has 0 aromatic carbocycles. The van der Waals surface area contributed by atoms with Crippen LogP contribution in [0.4, 0.5) is 0 Å². The summed E-state index contributed by atoms with van der Waals surface area (Å²) >= 11 is 1.63. The number of aromatic nitrogens is 3. The zero-order valence-electron chi connectivity index (χ0n) is 9.60. The minimum Gasteiger partial charge on any atom is -0.313 e. The summed E-state index contributed by atoms with van der Waals surface area (Å²) in [6.07, 6.45) is 5.02. The van der Waals surface area contributed by atoms with Crippen LogP contribution in [0, 0.1) is 0 Å². The molecule has 0 bridgehead atoms. The third-order valence-corrected chi connectivity index (χ3v) is 3.06. The standard InChI is InChI=1S/C11H16N4S/c1-3-4-12-7-9-8-15(2)14-10(9)11-13-5-6-16-11/h5-6,8,12H,3-4,7H2,1-2H3. The van der Waals surface area contributed by atoms with Crippen molar-refractivity contribution in [2.75, 3.05) is 6.54 Å². The first-order valence-electron chi connectivity index (χ1n) is 5.44. The van der Waals surface area contributed by atoms with Gasteiger partial charge in [0.25, 0.3) is 0 Å². The van der Waals surface area contributed by atoms with Gasteiger partial charge in [0.05, 0.1) is 0 Å². The zero-order valence-corrected chi connectivity index (χ0v) is 10.4. The Balaban J connectivity index is 2.17. The molecule has 5 heteroatoms. The monoisotopic (exact) mass is 236 g/mol. The lowest BCUT2D eigenvalue weighted by atomic mass is 10.2. The highest BCUT2D eigenvalue weighted by atomic mass is 32.1. The Hall–Kier alpha value is -1.20. The van der Waals surface area contributed by atoms with E-state index in [1.807, 2.05) is 23.3 Å². The Bertz CT molecular complexity index is 433. The molecule has 0 atom stereocenters. The molecule has 2 rings (SSSR count). The Morgan fingerprint density at radius 3 is 3.06 bits per heavy atom. The fourth-order valence-corrected chi connectivity index (χ4v) is 2.24. The lowest BCUT2D eigenvalue weighted by Crippen LogP contribution is -2.13. The molecule has 0 aliphatic rings. The lowest BCUT2D eigenvalue weighted by molar-refractivity contribution is 0.675. The maximum absolute atomic E-state index is 4.46. The van der Waals surface area contributed by atoms with E-state index in [0.29, 0.717) is 0 Å². The average Bonchev–Trinajstić information content (AvgIpc) is 2.87. The third-order valence-electron chi connectivity index (χ3n) is 2.28. The molecule has 0 fully saturated rings. The molecule has 4 nitrogen and oxygen atoms in total. The van der Waals surface area contributed by atoms with Crippen molar-refractivity contribution in [3.8, 4) is 10.7 Å². The van der Waals surface area contributed by atoms with Crippen molar-refractivity contribution in [2.45, 2.75) is 19.9 Å². The molecule has 16 heavy (non-hydrogen) atoms. The summed E-state index contributed by atoms with van der Waals surface area (Å²) in [6, 6.07) is 0. The highest BCUT2D eigenvalue weighted by Crippen LogP contribution is 2.23. The predicted molar refractivity (Wildman–Crippen MR) is 66.3 cm³/mol. The normalized spacial score (nSPS) is 10.9. The lowest BCUT2D eigenvalue weighted by Gasteiger charge is -2.01. The number of thiazole rings is 1. The van der Waals surface area contributed by atoms with Crippen molar-refractivity contribution in [1.82, 2.24) is 20.1 Å². The number of hydrogen-bond acceptors (Lipinski definition) is 4. The fraction of sp³-hybridized carbons (Fsp3) is 0.455. The van der Waals surface area contributed by atoms with Gasteiger partial charge in [-0.15, -0.1) is 11.3 Å². The Kier molecular flexibility index (Phi) is 3.69. The van der Waals surface area contributed by atoms with Gasteiger partial charge in [-0.3, -0.25) is 4.68 Å². The first-order chi connectivity index (χ1) is 7.81. The first kappa shape index (κ1) is 11.3. The van der Waals surface area contributed by atoms with Crippen LogP contribution in [0.3, 0.4) is 0 Å². The summed E-state index contributed by atoms with van der Waals surface area (Å²) in [5.41, 5.74) is 2.21. The molecular weight excluding hydrogens is 220 g/mol. The van der Waals surface area contributed by atoms with Crippen LogP contribution in [0.15, 0.2) is 17.8 Å². The minimum atomic E-state index is 0.858. The van der Waals surface area contributed by atoms with Crippen LogP contribution < -0.4 is 5.32 Å². The molecule has 0 unspecified atom stereocenters. The smallest absolute Gasteiger partial charge is 0.143 e. The van der Waals surface area contributed by atoms with Crippen molar-refractivity contribution < 1.29 is 0 Å². The topological polar surface area (TPSA) is 42.7 Å². The van der Waals surface area contributed by atoms with Crippen molar-refractivity contribution >= 4 is 11.3 Å². The molecule has 0 aliphatic heterocycles. The van der Waals surface area contributed by atoms with Crippen molar-refractivity contribution in [3.63, 3.8) is 0 Å². The SMILES string of the molecule is CCCNCc1cn(C)nc1-c1nccs1. The van der Waals surface area contributed by atoms with E-state index < -0.39 is 0 Å². The maximum Gasteiger partial charge on any atom is 0.143 e. The van der Waals surface area contributed by atoms with Crippen molar-refractivity contribution in [2.24, 2.45) is 7.05 Å². The van der Waals surface area contributed by atoms with Gasteiger partial charge in [-0.05, 0) is 13.0 Å². The van der Waals surface area contributed by atoms with Gasteiger partial charge in [-0.2, -0.15) is 5.10 Å². The molecule has 2 heterocycles. The van der Waals surface area contributed by atoms with Crippen molar-refractivity contribution in [1.29, 1.82) is 0 Å². The summed E-state index contributed by atoms with van der Waals surface area (Å²) in [5, 5.41) is 10.8. The zero-order chi connectivity index (χ0) is 11.4. The number of aryl methyl sites for hydroxylation is 1. The fourth-order valence-electron chi connectivity index (χ4n) is 1.59. The van der Waals surface area contributed by atoms with E-state index in [1.165, 1.54) is 5.56 Å². The van der Waals surface area contributed by atoms with Gasteiger partial charge in [0, 0.05) is 36.9 Å². The quantitative estimate of drug-likeness (QED) is 0.808. The molecule has 2 aromatic heterocycles. The van der Waals surface area contributed by atoms with Crippen LogP contribution in [-0.2, 0) is 13.6 Å². The van der Waals surface area contributed by atoms with Crippen LogP contribution in [0.2, 0.25) is 0 Å². The number of hydrogen-bond donors (Lipinski definition) is 1. The van der Waals surface area contributed by atoms with Gasteiger partial charge in [0.1, 0.15) is 10.7 Å². The van der Waals surface area contributed by atoms with Gasteiger partial charge < -0.3 is 5.32 Å². The van der Waals surface area contributed by atoms with E-state index in [9.17, 15) is 0 Å². The van der Waals surface area contributed by atoms with Crippen LogP contribution >= 0.6 is 11.3 Å². The molecule has 0 spiro atoms. The molecule has 0 aliphatic carbocycles. The average molecular weight is 236 g/mol. The van der Waals surface area contributed by atoms with E-state index in [-0.39, 0.29) is 0 Å². The molecule has 0 saturated carbocycles. The predicted octanol–water partition coefficient (Wildman–Crippen LogP) is 2.04. The maximum atomic E-state index is 4.46. The van der Waals surface area contributed by atoms with E-state index >= 15 is 0 Å². The van der Waals surface area contributed by atoms with Gasteiger partial charge in [0.2, 0.25) is 0 Å². The van der Waals surface area contributed by atoms with E-state index in [4.69, 9.17) is 0 Å². The van der Waals surface area contributed by atoms with Crippen LogP contribution in [-0.4, -0.2) is 21.3 Å². The molecule has 0 saturated heterocycles. The van der Waals surface area contributed by atoms with E-state index in [1.54, 1.807) is 11.3 Å². The second-order valence-corrected chi connectivity index (χ2v) is 4.59. The largest absolute Gasteiger partial charge is 0.313 e. The van der Waals surface area contributed by atoms with Gasteiger partial charge in [-0.25, -0.2) is 4.98 Å². The second-order valence-electron chi connectivity index (χ2n) is 3.69. The van der Waals surface area contributed by atoms with Crippen LogP contribution in [0.5, 0.6) is 0 Å². The molecule has 1 N–H and O–H groups in total. The minimum absolute atomic E-state index is 0.858. The van der Waals surface area contributed by atoms with E-state index in [2.05, 4.69) is 28.5 Å². The molecule has 2 aromatic rings. The summed E-state index contributed by atoms with van der Waals surface area (Å²) in [4.78, 5) is 4.30. The second kappa shape index (κ2) is 5.23. The molecular formula is C11H16N4S. The van der Waals surface area contributed by atoms with Crippen molar-refractivity contribution in [3.05, 3.63) is 23.3 Å². The third kappa shape index (κ3) is 2.48. The van der Waals surface area contributed by atoms with Gasteiger partial charge >= 0.3 is 0 Å². The number of nitrogens with zero attached hydrogens (tertiary/aromatic N) is 3. The molecule has 0 amide bonds. The van der Waals surface area contributed by atoms with Gasteiger partial charge in [-0.1, -0.05) is 6.92 Å². The number of nitrogens with one attached hydrogen (secondary N) is 1. The van der Waals surface area contributed by atoms with E-state index in [0.717, 1.165) is 30.2 Å². The summed E-state index contributed by atoms with van der Waals surface area (Å²) in [5.74, 6) is 0. The number of rotatable bonds is 5. The van der Waals surface area contributed by atoms with Crippen LogP contribution in [0.1, 0.15) is 18.9 Å². The van der Waals surface area contributed by atoms with Gasteiger partial charge in [0.15, 0.2) is 0 Å². The van der Waals surface area contributed by atoms with Crippen LogP contribution in [0.25, 0.3) is 10.7 Å². The Morgan fingerprint density at radius 1 is 1.50 bits per heavy atom. The first-order valence-corrected chi connectivity index (χ1v) is 6.32. The molecule has 86 valence electrons.